The lowest BCUT2D eigenvalue weighted by Crippen LogP contribution is -2.27. The Hall–Kier alpha value is -2.96. The zero-order chi connectivity index (χ0) is 14.5. The van der Waals surface area contributed by atoms with E-state index >= 15 is 0 Å². The highest BCUT2D eigenvalue weighted by molar-refractivity contribution is 5.93. The lowest BCUT2D eigenvalue weighted by atomic mass is 10.1. The first-order chi connectivity index (χ1) is 10.3. The Bertz CT molecular complexity index is 706. The second kappa shape index (κ2) is 6.00. The molecule has 106 valence electrons. The molecule has 21 heavy (non-hydrogen) atoms. The molecule has 0 aliphatic rings. The van der Waals surface area contributed by atoms with Gasteiger partial charge in [0.2, 0.25) is 0 Å². The number of benzene rings is 1. The van der Waals surface area contributed by atoms with Crippen LogP contribution in [-0.4, -0.2) is 32.6 Å². The van der Waals surface area contributed by atoms with Crippen molar-refractivity contribution in [2.45, 2.75) is 6.54 Å². The van der Waals surface area contributed by atoms with E-state index in [0.29, 0.717) is 18.8 Å². The molecule has 0 spiro atoms. The van der Waals surface area contributed by atoms with Gasteiger partial charge in [-0.15, -0.1) is 5.10 Å². The van der Waals surface area contributed by atoms with Crippen LogP contribution in [0.3, 0.4) is 0 Å². The van der Waals surface area contributed by atoms with Gasteiger partial charge in [0.05, 0.1) is 12.7 Å². The van der Waals surface area contributed by atoms with Crippen molar-refractivity contribution < 1.29 is 9.32 Å². The van der Waals surface area contributed by atoms with Crippen molar-refractivity contribution in [1.29, 1.82) is 0 Å². The van der Waals surface area contributed by atoms with E-state index < -0.39 is 0 Å². The molecule has 3 rings (SSSR count). The molecule has 0 aliphatic heterocycles. The maximum atomic E-state index is 11.9. The summed E-state index contributed by atoms with van der Waals surface area (Å²) in [6.45, 7) is 0.991. The maximum Gasteiger partial charge on any atom is 0.273 e. The van der Waals surface area contributed by atoms with Crippen molar-refractivity contribution in [1.82, 2.24) is 25.5 Å². The predicted octanol–water partition coefficient (Wildman–Crippen LogP) is 1.36. The molecular formula is C14H13N5O2. The van der Waals surface area contributed by atoms with Crippen LogP contribution in [-0.2, 0) is 6.54 Å². The summed E-state index contributed by atoms with van der Waals surface area (Å²) in [6.07, 6.45) is 3.32. The molecule has 1 amide bonds. The molecule has 0 radical (unpaired) electrons. The number of aromatic nitrogens is 4. The van der Waals surface area contributed by atoms with E-state index in [-0.39, 0.29) is 11.6 Å². The first-order valence-corrected chi connectivity index (χ1v) is 6.47. The molecule has 0 aliphatic carbocycles. The Balaban J connectivity index is 1.59. The van der Waals surface area contributed by atoms with Gasteiger partial charge < -0.3 is 9.84 Å². The smallest absolute Gasteiger partial charge is 0.273 e. The molecule has 7 heteroatoms. The van der Waals surface area contributed by atoms with Crippen LogP contribution >= 0.6 is 0 Å². The van der Waals surface area contributed by atoms with Gasteiger partial charge in [-0.25, -0.2) is 0 Å². The predicted molar refractivity (Wildman–Crippen MR) is 74.3 cm³/mol. The number of nitrogens with one attached hydrogen (secondary N) is 1. The number of rotatable bonds is 5. The fraction of sp³-hybridized carbons (Fsp3) is 0.143. The molecule has 2 aromatic heterocycles. The summed E-state index contributed by atoms with van der Waals surface area (Å²) in [7, 11) is 0. The summed E-state index contributed by atoms with van der Waals surface area (Å²) in [4.78, 5) is 11.9. The van der Waals surface area contributed by atoms with Gasteiger partial charge in [-0.1, -0.05) is 40.7 Å². The lowest BCUT2D eigenvalue weighted by Gasteiger charge is -2.01. The number of carbonyl (C=O) groups excluding carboxylic acids is 1. The molecule has 0 atom stereocenters. The number of nitrogens with zero attached hydrogens (tertiary/aromatic N) is 4. The molecule has 0 unspecified atom stereocenters. The van der Waals surface area contributed by atoms with Crippen molar-refractivity contribution in [3.8, 4) is 11.3 Å². The summed E-state index contributed by atoms with van der Waals surface area (Å²) < 4.78 is 6.82. The normalized spacial score (nSPS) is 10.5. The van der Waals surface area contributed by atoms with Crippen LogP contribution < -0.4 is 5.32 Å². The summed E-state index contributed by atoms with van der Waals surface area (Å²) in [5.74, 6) is 0.290. The SMILES string of the molecule is O=C(NCCn1ccnn1)c1cc(-c2ccccc2)on1. The molecule has 1 N–H and O–H groups in total. The minimum atomic E-state index is -0.277. The highest BCUT2D eigenvalue weighted by Crippen LogP contribution is 2.19. The van der Waals surface area contributed by atoms with Gasteiger partial charge in [0, 0.05) is 24.4 Å². The molecule has 1 aromatic carbocycles. The van der Waals surface area contributed by atoms with Crippen molar-refractivity contribution >= 4 is 5.91 Å². The van der Waals surface area contributed by atoms with Crippen LogP contribution in [0, 0.1) is 0 Å². The average molecular weight is 283 g/mol. The Morgan fingerprint density at radius 1 is 1.29 bits per heavy atom. The van der Waals surface area contributed by atoms with Crippen LogP contribution in [0.25, 0.3) is 11.3 Å². The minimum Gasteiger partial charge on any atom is -0.355 e. The highest BCUT2D eigenvalue weighted by atomic mass is 16.5. The number of hydrogen-bond acceptors (Lipinski definition) is 5. The van der Waals surface area contributed by atoms with Crippen molar-refractivity contribution in [3.05, 3.63) is 54.5 Å². The molecule has 3 aromatic rings. The summed E-state index contributed by atoms with van der Waals surface area (Å²) >= 11 is 0. The Labute approximate surface area is 120 Å². The third-order valence-electron chi connectivity index (χ3n) is 2.90. The minimum absolute atomic E-state index is 0.257. The topological polar surface area (TPSA) is 85.8 Å². The van der Waals surface area contributed by atoms with E-state index in [1.807, 2.05) is 30.3 Å². The zero-order valence-corrected chi connectivity index (χ0v) is 11.1. The van der Waals surface area contributed by atoms with Crippen LogP contribution in [0.2, 0.25) is 0 Å². The van der Waals surface area contributed by atoms with Crippen LogP contribution in [0.15, 0.2) is 53.3 Å². The molecular weight excluding hydrogens is 270 g/mol. The molecule has 0 saturated carbocycles. The lowest BCUT2D eigenvalue weighted by molar-refractivity contribution is 0.0943. The first kappa shape index (κ1) is 13.0. The number of carbonyl (C=O) groups is 1. The standard InChI is InChI=1S/C14H13N5O2/c20-14(15-6-8-19-9-7-16-18-19)12-10-13(21-17-12)11-4-2-1-3-5-11/h1-5,7,9-10H,6,8H2,(H,15,20). The first-order valence-electron chi connectivity index (χ1n) is 6.47. The fourth-order valence-electron chi connectivity index (χ4n) is 1.85. The number of hydrogen-bond donors (Lipinski definition) is 1. The summed E-state index contributed by atoms with van der Waals surface area (Å²) in [5.41, 5.74) is 1.14. The van der Waals surface area contributed by atoms with Gasteiger partial charge in [-0.2, -0.15) is 0 Å². The second-order valence-electron chi connectivity index (χ2n) is 4.36. The van der Waals surface area contributed by atoms with Gasteiger partial charge in [0.15, 0.2) is 11.5 Å². The molecule has 2 heterocycles. The summed E-state index contributed by atoms with van der Waals surface area (Å²) in [6, 6.07) is 11.1. The van der Waals surface area contributed by atoms with E-state index in [4.69, 9.17) is 4.52 Å². The van der Waals surface area contributed by atoms with Gasteiger partial charge in [0.1, 0.15) is 0 Å². The van der Waals surface area contributed by atoms with Crippen molar-refractivity contribution in [2.75, 3.05) is 6.54 Å². The van der Waals surface area contributed by atoms with E-state index in [9.17, 15) is 4.79 Å². The average Bonchev–Trinajstić information content (AvgIpc) is 3.20. The quantitative estimate of drug-likeness (QED) is 0.764. The van der Waals surface area contributed by atoms with Gasteiger partial charge >= 0.3 is 0 Å². The monoisotopic (exact) mass is 283 g/mol. The van der Waals surface area contributed by atoms with Crippen molar-refractivity contribution in [3.63, 3.8) is 0 Å². The third kappa shape index (κ3) is 3.14. The van der Waals surface area contributed by atoms with Crippen LogP contribution in [0.4, 0.5) is 0 Å². The summed E-state index contributed by atoms with van der Waals surface area (Å²) in [5, 5.41) is 14.0. The number of amides is 1. The van der Waals surface area contributed by atoms with E-state index in [1.54, 1.807) is 23.1 Å². The third-order valence-corrected chi connectivity index (χ3v) is 2.90. The van der Waals surface area contributed by atoms with Crippen LogP contribution in [0.5, 0.6) is 0 Å². The van der Waals surface area contributed by atoms with Gasteiger partial charge in [-0.3, -0.25) is 9.48 Å². The van der Waals surface area contributed by atoms with Crippen molar-refractivity contribution in [2.24, 2.45) is 0 Å². The molecule has 0 bridgehead atoms. The Kier molecular flexibility index (Phi) is 3.72. The zero-order valence-electron chi connectivity index (χ0n) is 11.1. The maximum absolute atomic E-state index is 11.9. The largest absolute Gasteiger partial charge is 0.355 e. The fourth-order valence-corrected chi connectivity index (χ4v) is 1.85. The molecule has 0 saturated heterocycles. The van der Waals surface area contributed by atoms with E-state index in [1.165, 1.54) is 0 Å². The molecule has 7 nitrogen and oxygen atoms in total. The Morgan fingerprint density at radius 3 is 2.90 bits per heavy atom. The van der Waals surface area contributed by atoms with E-state index in [2.05, 4.69) is 20.8 Å². The van der Waals surface area contributed by atoms with Gasteiger partial charge in [0.25, 0.3) is 5.91 Å². The highest BCUT2D eigenvalue weighted by Gasteiger charge is 2.13. The van der Waals surface area contributed by atoms with E-state index in [0.717, 1.165) is 5.56 Å². The van der Waals surface area contributed by atoms with Gasteiger partial charge in [-0.05, 0) is 0 Å². The molecule has 0 fully saturated rings. The Morgan fingerprint density at radius 2 is 2.14 bits per heavy atom. The second-order valence-corrected chi connectivity index (χ2v) is 4.36. The van der Waals surface area contributed by atoms with Crippen LogP contribution in [0.1, 0.15) is 10.5 Å².